The summed E-state index contributed by atoms with van der Waals surface area (Å²) in [7, 11) is 0. The van der Waals surface area contributed by atoms with Gasteiger partial charge in [-0.3, -0.25) is 14.5 Å². The first kappa shape index (κ1) is 18.0. The monoisotopic (exact) mass is 358 g/mol. The normalized spacial score (nSPS) is 15.7. The number of carboxylic acids is 1. The van der Waals surface area contributed by atoms with Crippen LogP contribution < -0.4 is 0 Å². The van der Waals surface area contributed by atoms with Crippen molar-refractivity contribution in [3.05, 3.63) is 33.8 Å². The molecule has 1 heterocycles. The second-order valence-electron chi connectivity index (χ2n) is 5.61. The minimum atomic E-state index is -0.750. The van der Waals surface area contributed by atoms with E-state index in [0.717, 1.165) is 26.1 Å². The van der Waals surface area contributed by atoms with E-state index >= 15 is 0 Å². The molecule has 0 saturated carbocycles. The molecule has 1 aliphatic heterocycles. The number of halogens is 2. The van der Waals surface area contributed by atoms with Crippen LogP contribution in [0.2, 0.25) is 10.0 Å². The molecule has 0 unspecified atom stereocenters. The molecule has 0 radical (unpaired) electrons. The average molecular weight is 359 g/mol. The van der Waals surface area contributed by atoms with Crippen molar-refractivity contribution >= 4 is 35.1 Å². The van der Waals surface area contributed by atoms with Crippen molar-refractivity contribution in [2.75, 3.05) is 32.7 Å². The van der Waals surface area contributed by atoms with Crippen LogP contribution in [-0.4, -0.2) is 59.5 Å². The summed E-state index contributed by atoms with van der Waals surface area (Å²) in [6, 6.07) is 4.90. The van der Waals surface area contributed by atoms with Crippen molar-refractivity contribution in [2.45, 2.75) is 19.3 Å². The van der Waals surface area contributed by atoms with E-state index in [2.05, 4.69) is 4.90 Å². The van der Waals surface area contributed by atoms with Crippen LogP contribution in [0.5, 0.6) is 0 Å². The van der Waals surface area contributed by atoms with Crippen molar-refractivity contribution in [2.24, 2.45) is 0 Å². The van der Waals surface area contributed by atoms with Gasteiger partial charge in [0, 0.05) is 37.6 Å². The average Bonchev–Trinajstić information content (AvgIpc) is 2.51. The lowest BCUT2D eigenvalue weighted by Crippen LogP contribution is -2.48. The minimum absolute atomic E-state index is 0.0720. The molecule has 1 N–H and O–H groups in total. The highest BCUT2D eigenvalue weighted by atomic mass is 35.5. The molecule has 0 atom stereocenters. The van der Waals surface area contributed by atoms with Crippen LogP contribution in [0.4, 0.5) is 0 Å². The third kappa shape index (κ3) is 5.37. The number of benzene rings is 1. The fourth-order valence-electron chi connectivity index (χ4n) is 2.62. The summed E-state index contributed by atoms with van der Waals surface area (Å²) in [6.45, 7) is 3.76. The third-order valence-electron chi connectivity index (χ3n) is 3.94. The molecule has 1 aromatic carbocycles. The van der Waals surface area contributed by atoms with Crippen LogP contribution in [0.15, 0.2) is 18.2 Å². The maximum absolute atomic E-state index is 12.5. The largest absolute Gasteiger partial charge is 0.481 e. The maximum Gasteiger partial charge on any atom is 0.303 e. The van der Waals surface area contributed by atoms with Gasteiger partial charge in [0.2, 0.25) is 0 Å². The Morgan fingerprint density at radius 3 is 2.39 bits per heavy atom. The molecule has 7 heteroatoms. The number of piperazine rings is 1. The van der Waals surface area contributed by atoms with Gasteiger partial charge in [0.15, 0.2) is 0 Å². The Hall–Kier alpha value is -1.30. The van der Waals surface area contributed by atoms with Crippen molar-refractivity contribution in [3.8, 4) is 0 Å². The molecular weight excluding hydrogens is 339 g/mol. The standard InChI is InChI=1S/C16H20Cl2N2O3/c17-12-4-5-13(14(18)11-12)16(23)20-9-7-19(8-10-20)6-2-1-3-15(21)22/h4-5,11H,1-3,6-10H2,(H,21,22). The molecular formula is C16H20Cl2N2O3. The highest BCUT2D eigenvalue weighted by molar-refractivity contribution is 6.36. The second-order valence-corrected chi connectivity index (χ2v) is 6.45. The zero-order valence-corrected chi connectivity index (χ0v) is 14.3. The molecule has 23 heavy (non-hydrogen) atoms. The van der Waals surface area contributed by atoms with E-state index in [1.54, 1.807) is 23.1 Å². The molecule has 0 bridgehead atoms. The molecule has 0 aromatic heterocycles. The van der Waals surface area contributed by atoms with Gasteiger partial charge >= 0.3 is 5.97 Å². The first-order valence-electron chi connectivity index (χ1n) is 7.66. The van der Waals surface area contributed by atoms with Crippen molar-refractivity contribution < 1.29 is 14.7 Å². The molecule has 1 aromatic rings. The third-order valence-corrected chi connectivity index (χ3v) is 4.48. The van der Waals surface area contributed by atoms with E-state index in [4.69, 9.17) is 28.3 Å². The van der Waals surface area contributed by atoms with Crippen LogP contribution in [0.3, 0.4) is 0 Å². The lowest BCUT2D eigenvalue weighted by Gasteiger charge is -2.34. The summed E-state index contributed by atoms with van der Waals surface area (Å²) in [5.74, 6) is -0.822. The number of carbonyl (C=O) groups excluding carboxylic acids is 1. The van der Waals surface area contributed by atoms with Crippen LogP contribution in [0.25, 0.3) is 0 Å². The zero-order chi connectivity index (χ0) is 16.8. The van der Waals surface area contributed by atoms with Crippen molar-refractivity contribution in [1.82, 2.24) is 9.80 Å². The molecule has 5 nitrogen and oxygen atoms in total. The highest BCUT2D eigenvalue weighted by Gasteiger charge is 2.23. The highest BCUT2D eigenvalue weighted by Crippen LogP contribution is 2.22. The van der Waals surface area contributed by atoms with Gasteiger partial charge in [-0.1, -0.05) is 23.2 Å². The van der Waals surface area contributed by atoms with Crippen molar-refractivity contribution in [3.63, 3.8) is 0 Å². The Kier molecular flexibility index (Phi) is 6.69. The summed E-state index contributed by atoms with van der Waals surface area (Å²) < 4.78 is 0. The van der Waals surface area contributed by atoms with Gasteiger partial charge in [-0.25, -0.2) is 0 Å². The van der Waals surface area contributed by atoms with Gasteiger partial charge in [0.25, 0.3) is 5.91 Å². The number of carboxylic acid groups (broad SMARTS) is 1. The number of carbonyl (C=O) groups is 2. The molecule has 0 aliphatic carbocycles. The molecule has 0 spiro atoms. The Labute approximate surface area is 145 Å². The summed E-state index contributed by atoms with van der Waals surface area (Å²) in [5, 5.41) is 9.50. The van der Waals surface area contributed by atoms with E-state index in [1.165, 1.54) is 0 Å². The van der Waals surface area contributed by atoms with E-state index in [0.29, 0.717) is 35.1 Å². The van der Waals surface area contributed by atoms with Gasteiger partial charge in [-0.2, -0.15) is 0 Å². The summed E-state index contributed by atoms with van der Waals surface area (Å²) in [4.78, 5) is 27.0. The summed E-state index contributed by atoms with van der Waals surface area (Å²) >= 11 is 11.9. The van der Waals surface area contributed by atoms with E-state index in [9.17, 15) is 9.59 Å². The number of unbranched alkanes of at least 4 members (excludes halogenated alkanes) is 1. The van der Waals surface area contributed by atoms with E-state index in [1.807, 2.05) is 0 Å². The molecule has 1 amide bonds. The minimum Gasteiger partial charge on any atom is -0.481 e. The predicted molar refractivity (Wildman–Crippen MR) is 90.3 cm³/mol. The van der Waals surface area contributed by atoms with Crippen LogP contribution in [0.1, 0.15) is 29.6 Å². The van der Waals surface area contributed by atoms with E-state index < -0.39 is 5.97 Å². The smallest absolute Gasteiger partial charge is 0.303 e. The lowest BCUT2D eigenvalue weighted by molar-refractivity contribution is -0.137. The van der Waals surface area contributed by atoms with Gasteiger partial charge < -0.3 is 10.0 Å². The topological polar surface area (TPSA) is 60.9 Å². The number of hydrogen-bond donors (Lipinski definition) is 1. The molecule has 2 rings (SSSR count). The fraction of sp³-hybridized carbons (Fsp3) is 0.500. The number of amides is 1. The van der Waals surface area contributed by atoms with Crippen molar-refractivity contribution in [1.29, 1.82) is 0 Å². The zero-order valence-electron chi connectivity index (χ0n) is 12.8. The maximum atomic E-state index is 12.5. The van der Waals surface area contributed by atoms with Crippen LogP contribution in [-0.2, 0) is 4.79 Å². The molecule has 126 valence electrons. The van der Waals surface area contributed by atoms with Gasteiger partial charge in [0.1, 0.15) is 0 Å². The number of rotatable bonds is 6. The molecule has 1 saturated heterocycles. The summed E-state index contributed by atoms with van der Waals surface area (Å²) in [5.41, 5.74) is 0.478. The van der Waals surface area contributed by atoms with Gasteiger partial charge in [0.05, 0.1) is 10.6 Å². The Bertz CT molecular complexity index is 572. The number of hydrogen-bond acceptors (Lipinski definition) is 3. The second kappa shape index (κ2) is 8.52. The Morgan fingerprint density at radius 2 is 1.78 bits per heavy atom. The molecule has 1 aliphatic rings. The fourth-order valence-corrected chi connectivity index (χ4v) is 3.11. The van der Waals surface area contributed by atoms with Gasteiger partial charge in [-0.05, 0) is 37.6 Å². The number of nitrogens with zero attached hydrogens (tertiary/aromatic N) is 2. The number of aliphatic carboxylic acids is 1. The first-order chi connectivity index (χ1) is 11.0. The molecule has 1 fully saturated rings. The van der Waals surface area contributed by atoms with E-state index in [-0.39, 0.29) is 12.3 Å². The summed E-state index contributed by atoms with van der Waals surface area (Å²) in [6.07, 6.45) is 1.77. The van der Waals surface area contributed by atoms with Gasteiger partial charge in [-0.15, -0.1) is 0 Å². The quantitative estimate of drug-likeness (QED) is 0.794. The van der Waals surface area contributed by atoms with Crippen LogP contribution in [0, 0.1) is 0 Å². The van der Waals surface area contributed by atoms with Crippen LogP contribution >= 0.6 is 23.2 Å². The first-order valence-corrected chi connectivity index (χ1v) is 8.41. The Morgan fingerprint density at radius 1 is 1.09 bits per heavy atom. The predicted octanol–water partition coefficient (Wildman–Crippen LogP) is 3.01. The SMILES string of the molecule is O=C(O)CCCCN1CCN(C(=O)c2ccc(Cl)cc2Cl)CC1. The Balaban J connectivity index is 1.79. The lowest BCUT2D eigenvalue weighted by atomic mass is 10.1.